The molecule has 9 nitrogen and oxygen atoms in total. The molecular formula is C56H93NO8. The van der Waals surface area contributed by atoms with Gasteiger partial charge in [-0.25, -0.2) is 0 Å². The van der Waals surface area contributed by atoms with Crippen LogP contribution in [0.1, 0.15) is 181 Å². The van der Waals surface area contributed by atoms with Gasteiger partial charge in [-0.2, -0.15) is 0 Å². The second-order valence-corrected chi connectivity index (χ2v) is 17.2. The Hall–Kier alpha value is -3.15. The highest BCUT2D eigenvalue weighted by Crippen LogP contribution is 2.22. The lowest BCUT2D eigenvalue weighted by atomic mass is 9.99. The zero-order chi connectivity index (χ0) is 47.3. The van der Waals surface area contributed by atoms with Gasteiger partial charge < -0.3 is 40.3 Å². The van der Waals surface area contributed by atoms with Gasteiger partial charge in [0.05, 0.1) is 25.4 Å². The molecule has 7 atom stereocenters. The number of rotatable bonds is 41. The number of aliphatic hydroxyl groups is 5. The molecule has 65 heavy (non-hydrogen) atoms. The van der Waals surface area contributed by atoms with Crippen molar-refractivity contribution < 1.29 is 39.8 Å². The van der Waals surface area contributed by atoms with E-state index in [9.17, 15) is 30.3 Å². The van der Waals surface area contributed by atoms with Crippen molar-refractivity contribution in [3.05, 3.63) is 109 Å². The van der Waals surface area contributed by atoms with Crippen LogP contribution in [-0.4, -0.2) is 87.5 Å². The smallest absolute Gasteiger partial charge is 0.220 e. The monoisotopic (exact) mass is 908 g/mol. The highest BCUT2D eigenvalue weighted by molar-refractivity contribution is 5.76. The lowest BCUT2D eigenvalue weighted by Gasteiger charge is -2.40. The molecule has 7 unspecified atom stereocenters. The lowest BCUT2D eigenvalue weighted by Crippen LogP contribution is -2.60. The van der Waals surface area contributed by atoms with Crippen molar-refractivity contribution in [2.75, 3.05) is 13.2 Å². The van der Waals surface area contributed by atoms with Crippen LogP contribution in [0.15, 0.2) is 109 Å². The van der Waals surface area contributed by atoms with Crippen LogP contribution in [0.25, 0.3) is 0 Å². The lowest BCUT2D eigenvalue weighted by molar-refractivity contribution is -0.302. The van der Waals surface area contributed by atoms with E-state index in [1.165, 1.54) is 64.2 Å². The average Bonchev–Trinajstić information content (AvgIpc) is 3.31. The second kappa shape index (κ2) is 44.7. The number of amides is 1. The van der Waals surface area contributed by atoms with Crippen LogP contribution in [0.2, 0.25) is 0 Å². The summed E-state index contributed by atoms with van der Waals surface area (Å²) in [4.78, 5) is 13.0. The van der Waals surface area contributed by atoms with Crippen LogP contribution >= 0.6 is 0 Å². The van der Waals surface area contributed by atoms with Gasteiger partial charge in [0.1, 0.15) is 24.4 Å². The molecule has 370 valence electrons. The summed E-state index contributed by atoms with van der Waals surface area (Å²) < 4.78 is 11.2. The minimum Gasteiger partial charge on any atom is -0.394 e. The minimum atomic E-state index is -1.58. The summed E-state index contributed by atoms with van der Waals surface area (Å²) in [5.41, 5.74) is 0. The molecule has 1 aliphatic rings. The SMILES string of the molecule is CC/C=C\C/C=C\C/C=C\C/C=C\C/C=C\C/C=C\C/C=C\CCCCCCCCCCCC(=O)NC(COC1OC(CO)C(O)C(O)C1O)C(O)/C=C/CC/C=C/CCCCCCC. The summed E-state index contributed by atoms with van der Waals surface area (Å²) in [6.45, 7) is 3.59. The highest BCUT2D eigenvalue weighted by atomic mass is 16.7. The van der Waals surface area contributed by atoms with Crippen molar-refractivity contribution >= 4 is 5.91 Å². The number of carbonyl (C=O) groups excluding carboxylic acids is 1. The zero-order valence-electron chi connectivity index (χ0n) is 40.7. The molecule has 1 rings (SSSR count). The van der Waals surface area contributed by atoms with Crippen molar-refractivity contribution in [1.29, 1.82) is 0 Å². The third kappa shape index (κ3) is 34.8. The minimum absolute atomic E-state index is 0.201. The molecule has 1 amide bonds. The van der Waals surface area contributed by atoms with Crippen LogP contribution in [0.5, 0.6) is 0 Å². The summed E-state index contributed by atoms with van der Waals surface area (Å²) in [5, 5.41) is 54.2. The van der Waals surface area contributed by atoms with Crippen molar-refractivity contribution in [3.8, 4) is 0 Å². The van der Waals surface area contributed by atoms with Crippen LogP contribution in [0.4, 0.5) is 0 Å². The van der Waals surface area contributed by atoms with Crippen LogP contribution in [-0.2, 0) is 14.3 Å². The molecule has 1 saturated heterocycles. The fraction of sp³-hybridized carbons (Fsp3) is 0.661. The van der Waals surface area contributed by atoms with E-state index in [0.717, 1.165) is 96.3 Å². The number of hydrogen-bond acceptors (Lipinski definition) is 8. The molecule has 1 aliphatic heterocycles. The molecule has 6 N–H and O–H groups in total. The fourth-order valence-corrected chi connectivity index (χ4v) is 7.27. The van der Waals surface area contributed by atoms with Gasteiger partial charge >= 0.3 is 0 Å². The molecule has 0 bridgehead atoms. The maximum absolute atomic E-state index is 13.0. The normalized spacial score (nSPS) is 20.9. The first kappa shape index (κ1) is 59.9. The Bertz CT molecular complexity index is 1380. The number of nitrogens with one attached hydrogen (secondary N) is 1. The summed E-state index contributed by atoms with van der Waals surface area (Å²) in [5.74, 6) is -0.201. The van der Waals surface area contributed by atoms with Gasteiger partial charge in [0.15, 0.2) is 6.29 Å². The van der Waals surface area contributed by atoms with Crippen molar-refractivity contribution in [2.24, 2.45) is 0 Å². The van der Waals surface area contributed by atoms with E-state index in [4.69, 9.17) is 9.47 Å². The Morgan fingerprint density at radius 3 is 1.48 bits per heavy atom. The fourth-order valence-electron chi connectivity index (χ4n) is 7.27. The number of ether oxygens (including phenoxy) is 2. The molecule has 0 aromatic carbocycles. The van der Waals surface area contributed by atoms with E-state index in [2.05, 4.69) is 116 Å². The van der Waals surface area contributed by atoms with E-state index in [1.807, 2.05) is 6.08 Å². The molecule has 0 saturated carbocycles. The molecule has 0 radical (unpaired) electrons. The quantitative estimate of drug-likeness (QED) is 0.0262. The van der Waals surface area contributed by atoms with Gasteiger partial charge in [-0.1, -0.05) is 194 Å². The predicted octanol–water partition coefficient (Wildman–Crippen LogP) is 11.8. The predicted molar refractivity (Wildman–Crippen MR) is 271 cm³/mol. The van der Waals surface area contributed by atoms with Gasteiger partial charge in [0.25, 0.3) is 0 Å². The summed E-state index contributed by atoms with van der Waals surface area (Å²) in [7, 11) is 0. The van der Waals surface area contributed by atoms with Gasteiger partial charge in [-0.3, -0.25) is 4.79 Å². The highest BCUT2D eigenvalue weighted by Gasteiger charge is 2.44. The molecule has 1 heterocycles. The van der Waals surface area contributed by atoms with E-state index >= 15 is 0 Å². The Labute approximate surface area is 396 Å². The summed E-state index contributed by atoms with van der Waals surface area (Å²) in [6.07, 6.45) is 58.6. The first-order chi connectivity index (χ1) is 31.8. The maximum Gasteiger partial charge on any atom is 0.220 e. The van der Waals surface area contributed by atoms with Gasteiger partial charge in [-0.05, 0) is 89.9 Å². The molecule has 9 heteroatoms. The van der Waals surface area contributed by atoms with E-state index in [1.54, 1.807) is 6.08 Å². The third-order valence-corrected chi connectivity index (χ3v) is 11.3. The van der Waals surface area contributed by atoms with E-state index in [-0.39, 0.29) is 12.5 Å². The van der Waals surface area contributed by atoms with Gasteiger partial charge in [-0.15, -0.1) is 0 Å². The number of allylic oxidation sites excluding steroid dienone is 17. The Balaban J connectivity index is 2.22. The van der Waals surface area contributed by atoms with E-state index in [0.29, 0.717) is 6.42 Å². The van der Waals surface area contributed by atoms with Crippen molar-refractivity contribution in [1.82, 2.24) is 5.32 Å². The summed E-state index contributed by atoms with van der Waals surface area (Å²) in [6, 6.07) is -0.831. The number of carbonyl (C=O) groups is 1. The van der Waals surface area contributed by atoms with Crippen molar-refractivity contribution in [2.45, 2.75) is 224 Å². The molecule has 0 spiro atoms. The summed E-state index contributed by atoms with van der Waals surface area (Å²) >= 11 is 0. The second-order valence-electron chi connectivity index (χ2n) is 17.2. The molecule has 0 aromatic heterocycles. The van der Waals surface area contributed by atoms with Crippen LogP contribution in [0, 0.1) is 0 Å². The Morgan fingerprint density at radius 1 is 0.538 bits per heavy atom. The van der Waals surface area contributed by atoms with Gasteiger partial charge in [0.2, 0.25) is 5.91 Å². The Morgan fingerprint density at radius 2 is 0.969 bits per heavy atom. The average molecular weight is 908 g/mol. The maximum atomic E-state index is 13.0. The first-order valence-corrected chi connectivity index (χ1v) is 25.6. The number of hydrogen-bond donors (Lipinski definition) is 6. The number of aliphatic hydroxyl groups excluding tert-OH is 5. The van der Waals surface area contributed by atoms with Crippen molar-refractivity contribution in [3.63, 3.8) is 0 Å². The van der Waals surface area contributed by atoms with Crippen LogP contribution in [0.3, 0.4) is 0 Å². The first-order valence-electron chi connectivity index (χ1n) is 25.6. The van der Waals surface area contributed by atoms with Gasteiger partial charge in [0, 0.05) is 6.42 Å². The zero-order valence-corrected chi connectivity index (χ0v) is 40.7. The standard InChI is InChI=1S/C56H93NO8/c1-3-5-7-9-11-13-15-16-17-18-19-20-21-22-23-24-25-26-27-28-29-30-31-32-33-34-36-38-40-42-44-46-52(60)57-49(48-64-56-55(63)54(62)53(61)51(47-58)65-56)50(59)45-43-41-39-37-35-14-12-10-8-6-4-2/h5,7,11,13,16-17,19-20,22-23,25-26,28-29,35,37,43,45,49-51,53-56,58-59,61-63H,3-4,6,8-10,12,14-15,18,21,24,27,30-34,36,38-42,44,46-48H2,1-2H3,(H,57,60)/b7-5-,13-11-,17-16-,20-19-,23-22-,26-25-,29-28-,37-35+,45-43+. The molecule has 0 aromatic rings. The van der Waals surface area contributed by atoms with E-state index < -0.39 is 49.5 Å². The molecule has 1 fully saturated rings. The largest absolute Gasteiger partial charge is 0.394 e. The van der Waals surface area contributed by atoms with Crippen LogP contribution < -0.4 is 5.32 Å². The molecule has 0 aliphatic carbocycles. The Kier molecular flexibility index (Phi) is 41.1. The molecular weight excluding hydrogens is 815 g/mol. The number of unbranched alkanes of at least 4 members (excludes halogenated alkanes) is 15. The third-order valence-electron chi connectivity index (χ3n) is 11.3. The topological polar surface area (TPSA) is 149 Å².